The number of anilines is 1. The first-order valence-electron chi connectivity index (χ1n) is 6.39. The molecule has 0 aromatic heterocycles. The van der Waals surface area contributed by atoms with Gasteiger partial charge in [-0.15, -0.1) is 0 Å². The molecule has 3 rings (SSSR count). The van der Waals surface area contributed by atoms with Gasteiger partial charge in [0.15, 0.2) is 0 Å². The van der Waals surface area contributed by atoms with Crippen molar-refractivity contribution in [3.8, 4) is 0 Å². The van der Waals surface area contributed by atoms with Crippen LogP contribution >= 0.6 is 11.6 Å². The number of carbonyl (C=O) groups is 2. The molecule has 1 amide bonds. The quantitative estimate of drug-likeness (QED) is 0.796. The SMILES string of the molecule is Cc1ccccc1CN1C(=O)C(=O)c2c(Cl)ccc(F)c21. The van der Waals surface area contributed by atoms with Gasteiger partial charge < -0.3 is 0 Å². The van der Waals surface area contributed by atoms with Crippen molar-refractivity contribution in [2.45, 2.75) is 13.5 Å². The highest BCUT2D eigenvalue weighted by molar-refractivity contribution is 6.55. The lowest BCUT2D eigenvalue weighted by Gasteiger charge is -2.18. The molecule has 0 spiro atoms. The van der Waals surface area contributed by atoms with E-state index in [0.717, 1.165) is 22.1 Å². The monoisotopic (exact) mass is 303 g/mol. The second kappa shape index (κ2) is 4.97. The minimum atomic E-state index is -0.761. The number of fused-ring (bicyclic) bond motifs is 1. The molecule has 5 heteroatoms. The highest BCUT2D eigenvalue weighted by atomic mass is 35.5. The number of hydrogen-bond donors (Lipinski definition) is 0. The molecule has 0 N–H and O–H groups in total. The average molecular weight is 304 g/mol. The molecular weight excluding hydrogens is 293 g/mol. The fraction of sp³-hybridized carbons (Fsp3) is 0.125. The van der Waals surface area contributed by atoms with Gasteiger partial charge in [-0.25, -0.2) is 4.39 Å². The second-order valence-corrected chi connectivity index (χ2v) is 5.31. The van der Waals surface area contributed by atoms with Crippen LogP contribution < -0.4 is 4.90 Å². The molecule has 0 fully saturated rings. The number of carbonyl (C=O) groups excluding carboxylic acids is 2. The molecule has 1 heterocycles. The first-order valence-corrected chi connectivity index (χ1v) is 6.77. The van der Waals surface area contributed by atoms with E-state index in [0.29, 0.717) is 0 Å². The Morgan fingerprint density at radius 2 is 1.86 bits per heavy atom. The Labute approximate surface area is 125 Å². The van der Waals surface area contributed by atoms with E-state index in [9.17, 15) is 14.0 Å². The Morgan fingerprint density at radius 3 is 2.57 bits per heavy atom. The van der Waals surface area contributed by atoms with E-state index in [1.807, 2.05) is 31.2 Å². The second-order valence-electron chi connectivity index (χ2n) is 4.90. The maximum atomic E-state index is 14.1. The van der Waals surface area contributed by atoms with Crippen LogP contribution in [0.2, 0.25) is 5.02 Å². The number of nitrogens with zero attached hydrogens (tertiary/aromatic N) is 1. The number of benzene rings is 2. The lowest BCUT2D eigenvalue weighted by Crippen LogP contribution is -2.29. The van der Waals surface area contributed by atoms with Crippen LogP contribution in [-0.4, -0.2) is 11.7 Å². The smallest absolute Gasteiger partial charge is 0.297 e. The minimum Gasteiger partial charge on any atom is -0.297 e. The maximum Gasteiger partial charge on any atom is 0.299 e. The number of aryl methyl sites for hydroxylation is 1. The van der Waals surface area contributed by atoms with E-state index >= 15 is 0 Å². The van der Waals surface area contributed by atoms with Crippen molar-refractivity contribution in [3.05, 3.63) is 63.9 Å². The van der Waals surface area contributed by atoms with Crippen LogP contribution in [0.15, 0.2) is 36.4 Å². The third-order valence-electron chi connectivity index (χ3n) is 3.60. The zero-order valence-electron chi connectivity index (χ0n) is 11.2. The van der Waals surface area contributed by atoms with E-state index in [1.165, 1.54) is 6.07 Å². The number of halogens is 2. The summed E-state index contributed by atoms with van der Waals surface area (Å²) in [5, 5.41) is 0.0945. The van der Waals surface area contributed by atoms with Gasteiger partial charge in [0.1, 0.15) is 5.82 Å². The van der Waals surface area contributed by atoms with Crippen LogP contribution in [0.25, 0.3) is 0 Å². The lowest BCUT2D eigenvalue weighted by atomic mass is 10.1. The normalized spacial score (nSPS) is 13.8. The molecule has 106 valence electrons. The summed E-state index contributed by atoms with van der Waals surface area (Å²) in [6.45, 7) is 2.04. The van der Waals surface area contributed by atoms with Crippen LogP contribution in [-0.2, 0) is 11.3 Å². The summed E-state index contributed by atoms with van der Waals surface area (Å²) in [4.78, 5) is 25.3. The Bertz CT molecular complexity index is 773. The molecule has 2 aromatic rings. The molecule has 2 aromatic carbocycles. The highest BCUT2D eigenvalue weighted by Crippen LogP contribution is 2.37. The van der Waals surface area contributed by atoms with Crippen LogP contribution in [0.1, 0.15) is 21.5 Å². The number of rotatable bonds is 2. The van der Waals surface area contributed by atoms with Crippen LogP contribution in [0.4, 0.5) is 10.1 Å². The summed E-state index contributed by atoms with van der Waals surface area (Å²) in [7, 11) is 0. The van der Waals surface area contributed by atoms with Crippen molar-refractivity contribution in [1.29, 1.82) is 0 Å². The van der Waals surface area contributed by atoms with Gasteiger partial charge >= 0.3 is 0 Å². The van der Waals surface area contributed by atoms with Crippen molar-refractivity contribution >= 4 is 29.0 Å². The van der Waals surface area contributed by atoms with Gasteiger partial charge in [-0.1, -0.05) is 35.9 Å². The molecule has 0 saturated carbocycles. The van der Waals surface area contributed by atoms with Crippen LogP contribution in [0, 0.1) is 12.7 Å². The molecule has 0 radical (unpaired) electrons. The zero-order valence-corrected chi connectivity index (χ0v) is 11.9. The largest absolute Gasteiger partial charge is 0.299 e. The van der Waals surface area contributed by atoms with Gasteiger partial charge in [0.2, 0.25) is 0 Å². The minimum absolute atomic E-state index is 0.0271. The fourth-order valence-electron chi connectivity index (χ4n) is 2.46. The number of Topliss-reactive ketones (excluding diaryl/α,β-unsaturated/α-hetero) is 1. The number of ketones is 1. The third-order valence-corrected chi connectivity index (χ3v) is 3.92. The molecule has 0 bridgehead atoms. The van der Waals surface area contributed by atoms with Gasteiger partial charge in [0.05, 0.1) is 22.8 Å². The summed E-state index contributed by atoms with van der Waals surface area (Å²) in [5.41, 5.74) is 1.75. The van der Waals surface area contributed by atoms with E-state index in [2.05, 4.69) is 0 Å². The zero-order chi connectivity index (χ0) is 15.1. The van der Waals surface area contributed by atoms with E-state index in [4.69, 9.17) is 11.6 Å². The van der Waals surface area contributed by atoms with Crippen LogP contribution in [0.3, 0.4) is 0 Å². The van der Waals surface area contributed by atoms with E-state index in [-0.39, 0.29) is 22.8 Å². The third kappa shape index (κ3) is 2.12. The number of amides is 1. The van der Waals surface area contributed by atoms with Gasteiger partial charge in [0.25, 0.3) is 11.7 Å². The first kappa shape index (κ1) is 13.8. The standard InChI is InChI=1S/C16H11ClFNO2/c1-9-4-2-3-5-10(9)8-19-14-12(18)7-6-11(17)13(14)15(20)16(19)21/h2-7H,8H2,1H3. The summed E-state index contributed by atoms with van der Waals surface area (Å²) in [6.07, 6.45) is 0. The Balaban J connectivity index is 2.10. The molecular formula is C16H11ClFNO2. The summed E-state index contributed by atoms with van der Waals surface area (Å²) < 4.78 is 14.1. The molecule has 21 heavy (non-hydrogen) atoms. The summed E-state index contributed by atoms with van der Waals surface area (Å²) in [6, 6.07) is 9.90. The fourth-order valence-corrected chi connectivity index (χ4v) is 2.70. The Morgan fingerprint density at radius 1 is 1.14 bits per heavy atom. The molecule has 3 nitrogen and oxygen atoms in total. The predicted octanol–water partition coefficient (Wildman–Crippen LogP) is 3.52. The molecule has 0 unspecified atom stereocenters. The van der Waals surface area contributed by atoms with Crippen LogP contribution in [0.5, 0.6) is 0 Å². The van der Waals surface area contributed by atoms with Gasteiger partial charge in [-0.05, 0) is 30.2 Å². The van der Waals surface area contributed by atoms with Crippen molar-refractivity contribution < 1.29 is 14.0 Å². The van der Waals surface area contributed by atoms with Gasteiger partial charge in [0, 0.05) is 0 Å². The van der Waals surface area contributed by atoms with Crippen molar-refractivity contribution in [3.63, 3.8) is 0 Å². The molecule has 0 aliphatic carbocycles. The molecule has 1 aliphatic heterocycles. The van der Waals surface area contributed by atoms with E-state index in [1.54, 1.807) is 0 Å². The first-order chi connectivity index (χ1) is 10.0. The Hall–Kier alpha value is -2.20. The van der Waals surface area contributed by atoms with Crippen molar-refractivity contribution in [2.75, 3.05) is 4.90 Å². The predicted molar refractivity (Wildman–Crippen MR) is 78.1 cm³/mol. The summed E-state index contributed by atoms with van der Waals surface area (Å²) >= 11 is 5.93. The van der Waals surface area contributed by atoms with Gasteiger partial charge in [-0.3, -0.25) is 14.5 Å². The molecule has 1 aliphatic rings. The molecule has 0 saturated heterocycles. The number of hydrogen-bond acceptors (Lipinski definition) is 2. The maximum absolute atomic E-state index is 14.1. The van der Waals surface area contributed by atoms with Gasteiger partial charge in [-0.2, -0.15) is 0 Å². The average Bonchev–Trinajstić information content (AvgIpc) is 2.71. The lowest BCUT2D eigenvalue weighted by molar-refractivity contribution is -0.114. The summed E-state index contributed by atoms with van der Waals surface area (Å²) in [5.74, 6) is -2.13. The Kier molecular flexibility index (Phi) is 3.26. The molecule has 0 atom stereocenters. The highest BCUT2D eigenvalue weighted by Gasteiger charge is 2.39. The topological polar surface area (TPSA) is 37.4 Å². The van der Waals surface area contributed by atoms with Crippen molar-refractivity contribution in [1.82, 2.24) is 0 Å². The van der Waals surface area contributed by atoms with Crippen molar-refractivity contribution in [2.24, 2.45) is 0 Å². The van der Waals surface area contributed by atoms with E-state index < -0.39 is 17.5 Å².